The highest BCUT2D eigenvalue weighted by Gasteiger charge is 2.21. The minimum Gasteiger partial charge on any atom is -0.341 e. The molecule has 0 N–H and O–H groups in total. The summed E-state index contributed by atoms with van der Waals surface area (Å²) in [5, 5.41) is 3.73. The van der Waals surface area contributed by atoms with Crippen LogP contribution in [-0.2, 0) is 39.3 Å². The van der Waals surface area contributed by atoms with Gasteiger partial charge in [-0.2, -0.15) is 0 Å². The van der Waals surface area contributed by atoms with Crippen LogP contribution in [0.3, 0.4) is 0 Å². The molecule has 0 atom stereocenters. The standard InChI is InChI=1S/C66H52N6O4/c1-3-71-59-25-21-51-33-55(59)56-34-52(22-26-60(56)71)64(74)48-15-7-44(8-16-48)38-68-30-32-70(42-68)40-46-11-19-50(20-12-46)66(76)54-24-28-62-58(36-54)57-35-53(23-27-61(57)72(62)4-2)65(75)49-17-9-45(10-18-49)39-69-31-29-67(41-69)37-43-5-13-47(14-6-43)63(51)73/h5-36,41-42H,3-4,37-40H2,1-2H3/q+2. The molecule has 0 unspecified atom stereocenters. The lowest BCUT2D eigenvalue weighted by Gasteiger charge is -2.06. The van der Waals surface area contributed by atoms with Crippen molar-refractivity contribution < 1.29 is 28.3 Å². The van der Waals surface area contributed by atoms with E-state index in [1.807, 2.05) is 195 Å². The topological polar surface area (TPSA) is 95.8 Å². The van der Waals surface area contributed by atoms with Crippen LogP contribution >= 0.6 is 0 Å². The molecule has 12 aromatic rings. The molecular formula is C66H52N6O4+2. The SMILES string of the molecule is CCn1c2ccc3cc2c2cc(ccc21)C(=O)c1ccc(cc1)Cn1cc[n+](c1)Cc1ccc(cc1)C(=O)c1ccc2c(c1)c1cc(ccc1n2CC)C(=O)c1ccc(cc1)C[n+]1ccn(c1)Cc1ccc(cc1)C3=O. The van der Waals surface area contributed by atoms with Crippen LogP contribution in [0.15, 0.2) is 207 Å². The number of ketones is 4. The van der Waals surface area contributed by atoms with Gasteiger partial charge in [0, 0.05) is 101 Å². The van der Waals surface area contributed by atoms with Gasteiger partial charge in [0.1, 0.15) is 51.0 Å². The van der Waals surface area contributed by atoms with Crippen LogP contribution in [0.2, 0.25) is 0 Å². The van der Waals surface area contributed by atoms with Gasteiger partial charge in [-0.15, -0.1) is 0 Å². The third-order valence-electron chi connectivity index (χ3n) is 15.2. The predicted octanol–water partition coefficient (Wildman–Crippen LogP) is 11.6. The van der Waals surface area contributed by atoms with E-state index in [9.17, 15) is 19.2 Å². The van der Waals surface area contributed by atoms with Crippen LogP contribution in [0.25, 0.3) is 43.6 Å². The van der Waals surface area contributed by atoms with Gasteiger partial charge in [-0.05, 0) is 109 Å². The summed E-state index contributed by atoms with van der Waals surface area (Å²) in [5.74, 6) is -0.249. The van der Waals surface area contributed by atoms with Gasteiger partial charge in [0.25, 0.3) is 0 Å². The number of hydrogen-bond donors (Lipinski definition) is 0. The van der Waals surface area contributed by atoms with Gasteiger partial charge in [-0.3, -0.25) is 19.2 Å². The number of benzene rings is 8. The lowest BCUT2D eigenvalue weighted by molar-refractivity contribution is -0.688. The summed E-state index contributed by atoms with van der Waals surface area (Å²) in [7, 11) is 0. The van der Waals surface area contributed by atoms with Crippen LogP contribution < -0.4 is 9.13 Å². The third kappa shape index (κ3) is 8.34. The molecule has 0 aliphatic carbocycles. The van der Waals surface area contributed by atoms with Crippen molar-refractivity contribution in [2.75, 3.05) is 0 Å². The fraction of sp³-hybridized carbons (Fsp3) is 0.121. The average molecular weight is 993 g/mol. The van der Waals surface area contributed by atoms with E-state index in [1.165, 1.54) is 0 Å². The number of imidazole rings is 2. The Kier molecular flexibility index (Phi) is 11.4. The largest absolute Gasteiger partial charge is 0.341 e. The second-order valence-corrected chi connectivity index (χ2v) is 20.0. The summed E-state index contributed by atoms with van der Waals surface area (Å²) in [6.07, 6.45) is 12.3. The zero-order valence-corrected chi connectivity index (χ0v) is 42.2. The number of aryl methyl sites for hydroxylation is 2. The fourth-order valence-electron chi connectivity index (χ4n) is 11.3. The molecule has 11 heterocycles. The maximum atomic E-state index is 14.1. The van der Waals surface area contributed by atoms with E-state index in [1.54, 1.807) is 0 Å². The van der Waals surface area contributed by atoms with E-state index in [0.717, 1.165) is 79.0 Å². The zero-order chi connectivity index (χ0) is 51.6. The number of aromatic nitrogens is 6. The molecule has 0 fully saturated rings. The number of carbonyl (C=O) groups excluding carboxylic acids is 4. The zero-order valence-electron chi connectivity index (χ0n) is 42.2. The molecule has 7 aliphatic heterocycles. The van der Waals surface area contributed by atoms with Crippen molar-refractivity contribution >= 4 is 66.7 Å². The Balaban J connectivity index is 0.823. The van der Waals surface area contributed by atoms with Gasteiger partial charge in [0.2, 0.25) is 12.7 Å². The fourth-order valence-corrected chi connectivity index (χ4v) is 11.3. The number of hydrogen-bond acceptors (Lipinski definition) is 4. The van der Waals surface area contributed by atoms with Crippen molar-refractivity contribution in [1.82, 2.24) is 18.3 Å². The summed E-state index contributed by atoms with van der Waals surface area (Å²) < 4.78 is 12.9. The molecule has 19 rings (SSSR count). The van der Waals surface area contributed by atoms with Crippen LogP contribution in [0.5, 0.6) is 0 Å². The van der Waals surface area contributed by atoms with E-state index in [0.29, 0.717) is 70.7 Å². The van der Waals surface area contributed by atoms with Crippen LogP contribution in [0, 0.1) is 0 Å². The first kappa shape index (κ1) is 46.3. The Labute approximate surface area is 438 Å². The van der Waals surface area contributed by atoms with E-state index < -0.39 is 0 Å². The van der Waals surface area contributed by atoms with Gasteiger partial charge in [-0.25, -0.2) is 18.3 Å². The highest BCUT2D eigenvalue weighted by Crippen LogP contribution is 2.34. The van der Waals surface area contributed by atoms with Gasteiger partial charge < -0.3 is 9.13 Å². The number of carbonyl (C=O) groups is 4. The molecule has 0 saturated heterocycles. The second kappa shape index (κ2) is 18.7. The highest BCUT2D eigenvalue weighted by atomic mass is 16.1. The first-order valence-corrected chi connectivity index (χ1v) is 25.9. The predicted molar refractivity (Wildman–Crippen MR) is 295 cm³/mol. The molecule has 76 heavy (non-hydrogen) atoms. The van der Waals surface area contributed by atoms with Gasteiger partial charge in [0.05, 0.1) is 0 Å². The Morgan fingerprint density at radius 2 is 0.605 bits per heavy atom. The molecule has 10 nitrogen and oxygen atoms in total. The first-order valence-electron chi connectivity index (χ1n) is 25.9. The summed E-state index contributed by atoms with van der Waals surface area (Å²) in [6.45, 7) is 8.20. The van der Waals surface area contributed by atoms with Crippen molar-refractivity contribution in [3.05, 3.63) is 274 Å². The molecule has 368 valence electrons. The second-order valence-electron chi connectivity index (χ2n) is 20.0. The Hall–Kier alpha value is -9.54. The lowest BCUT2D eigenvalue weighted by atomic mass is 9.98. The van der Waals surface area contributed by atoms with Gasteiger partial charge in [0.15, 0.2) is 23.1 Å². The summed E-state index contributed by atoms with van der Waals surface area (Å²) in [6, 6.07) is 54.8. The molecule has 7 aliphatic rings. The Bertz CT molecular complexity index is 3760. The molecule has 0 spiro atoms. The molecule has 20 bridgehead atoms. The molecule has 10 heteroatoms. The van der Waals surface area contributed by atoms with Crippen molar-refractivity contribution in [3.63, 3.8) is 0 Å². The Morgan fingerprint density at radius 3 is 0.882 bits per heavy atom. The van der Waals surface area contributed by atoms with Gasteiger partial charge in [-0.1, -0.05) is 97.1 Å². The molecule has 8 aromatic carbocycles. The lowest BCUT2D eigenvalue weighted by Crippen LogP contribution is -2.31. The molecule has 4 aromatic heterocycles. The summed E-state index contributed by atoms with van der Waals surface area (Å²) in [4.78, 5) is 56.3. The van der Waals surface area contributed by atoms with E-state index in [-0.39, 0.29) is 23.1 Å². The molecule has 0 saturated carbocycles. The van der Waals surface area contributed by atoms with E-state index in [2.05, 4.69) is 53.9 Å². The maximum Gasteiger partial charge on any atom is 0.244 e. The normalized spacial score (nSPS) is 13.4. The summed E-state index contributed by atoms with van der Waals surface area (Å²) >= 11 is 0. The van der Waals surface area contributed by atoms with E-state index >= 15 is 0 Å². The smallest absolute Gasteiger partial charge is 0.244 e. The molecule has 0 amide bonds. The molecular weight excluding hydrogens is 941 g/mol. The minimum absolute atomic E-state index is 0.0623. The first-order chi connectivity index (χ1) is 37.1. The maximum absolute atomic E-state index is 14.1. The van der Waals surface area contributed by atoms with Crippen molar-refractivity contribution in [1.29, 1.82) is 0 Å². The number of nitrogens with zero attached hydrogens (tertiary/aromatic N) is 6. The third-order valence-corrected chi connectivity index (χ3v) is 15.2. The Morgan fingerprint density at radius 1 is 0.342 bits per heavy atom. The van der Waals surface area contributed by atoms with Crippen molar-refractivity contribution in [2.24, 2.45) is 0 Å². The van der Waals surface area contributed by atoms with Crippen molar-refractivity contribution in [3.8, 4) is 0 Å². The van der Waals surface area contributed by atoms with Crippen molar-refractivity contribution in [2.45, 2.75) is 53.1 Å². The summed E-state index contributed by atoms with van der Waals surface area (Å²) in [5.41, 5.74) is 13.1. The van der Waals surface area contributed by atoms with Gasteiger partial charge >= 0.3 is 0 Å². The monoisotopic (exact) mass is 992 g/mol. The minimum atomic E-state index is -0.0623. The van der Waals surface area contributed by atoms with Crippen LogP contribution in [-0.4, -0.2) is 41.4 Å². The number of rotatable bonds is 2. The average Bonchev–Trinajstić information content (AvgIpc) is 4.32. The highest BCUT2D eigenvalue weighted by molar-refractivity contribution is 6.19. The quantitative estimate of drug-likeness (QED) is 0.161. The van der Waals surface area contributed by atoms with Crippen LogP contribution in [0.1, 0.15) is 99.8 Å². The van der Waals surface area contributed by atoms with Crippen LogP contribution in [0.4, 0.5) is 0 Å². The van der Waals surface area contributed by atoms with E-state index in [4.69, 9.17) is 0 Å². The molecule has 0 radical (unpaired) electrons.